The van der Waals surface area contributed by atoms with Crippen molar-refractivity contribution < 1.29 is 0 Å². The predicted octanol–water partition coefficient (Wildman–Crippen LogP) is 8.40. The minimum atomic E-state index is 0.173. The molecule has 206 valence electrons. The average molecular weight is 547 g/mol. The number of aromatic nitrogens is 2. The van der Waals surface area contributed by atoms with Crippen LogP contribution in [0.25, 0.3) is 33.2 Å². The quantitative estimate of drug-likeness (QED) is 0.270. The zero-order valence-corrected chi connectivity index (χ0v) is 23.7. The largest absolute Gasteiger partial charge is 0.391 e. The molecule has 2 atom stereocenters. The molecule has 2 aliphatic heterocycles. The second-order valence-corrected chi connectivity index (χ2v) is 11.7. The molecule has 8 rings (SSSR count). The van der Waals surface area contributed by atoms with Crippen molar-refractivity contribution in [3.8, 4) is 11.3 Å². The smallest absolute Gasteiger partial charge is 0.0734 e. The lowest BCUT2D eigenvalue weighted by Crippen LogP contribution is -2.29. The molecule has 2 N–H and O–H groups in total. The van der Waals surface area contributed by atoms with Gasteiger partial charge in [-0.3, -0.25) is 9.97 Å². The highest BCUT2D eigenvalue weighted by molar-refractivity contribution is 5.99. The van der Waals surface area contributed by atoms with Gasteiger partial charge >= 0.3 is 0 Å². The van der Waals surface area contributed by atoms with E-state index >= 15 is 0 Å². The third-order valence-electron chi connectivity index (χ3n) is 9.12. The molecule has 4 heteroatoms. The first-order valence-corrected chi connectivity index (χ1v) is 15.2. The van der Waals surface area contributed by atoms with Gasteiger partial charge in [-0.25, -0.2) is 0 Å². The number of fused-ring (bicyclic) bond motifs is 4. The highest BCUT2D eigenvalue weighted by Gasteiger charge is 2.30. The van der Waals surface area contributed by atoms with E-state index in [0.717, 1.165) is 55.6 Å². The molecule has 0 fully saturated rings. The molecule has 2 unspecified atom stereocenters. The maximum Gasteiger partial charge on any atom is 0.0734 e. The Kier molecular flexibility index (Phi) is 6.33. The van der Waals surface area contributed by atoms with Crippen molar-refractivity contribution in [2.75, 3.05) is 6.54 Å². The molecule has 4 nitrogen and oxygen atoms in total. The Balaban J connectivity index is 1.23. The Morgan fingerprint density at radius 3 is 2.71 bits per heavy atom. The van der Waals surface area contributed by atoms with Gasteiger partial charge in [-0.2, -0.15) is 0 Å². The Labute approximate surface area is 247 Å². The number of allylic oxidation sites excluding steroid dienone is 8. The molecule has 2 aromatic heterocycles. The Morgan fingerprint density at radius 2 is 1.81 bits per heavy atom. The summed E-state index contributed by atoms with van der Waals surface area (Å²) in [5.74, 6) is 0.310. The van der Waals surface area contributed by atoms with Crippen LogP contribution in [0, 0.1) is 0 Å². The Bertz CT molecular complexity index is 1840. The number of benzene rings is 2. The highest BCUT2D eigenvalue weighted by Crippen LogP contribution is 2.45. The molecule has 0 spiro atoms. The van der Waals surface area contributed by atoms with E-state index in [1.165, 1.54) is 49.9 Å². The third kappa shape index (κ3) is 4.48. The molecule has 4 heterocycles. The number of hydrogen-bond donors (Lipinski definition) is 2. The van der Waals surface area contributed by atoms with Gasteiger partial charge in [0, 0.05) is 47.4 Å². The molecule has 0 saturated heterocycles. The fourth-order valence-electron chi connectivity index (χ4n) is 7.00. The summed E-state index contributed by atoms with van der Waals surface area (Å²) in [6.45, 7) is 0.971. The monoisotopic (exact) mass is 546 g/mol. The van der Waals surface area contributed by atoms with E-state index in [0.29, 0.717) is 5.92 Å². The lowest BCUT2D eigenvalue weighted by atomic mass is 9.79. The summed E-state index contributed by atoms with van der Waals surface area (Å²) in [7, 11) is 0. The first-order valence-electron chi connectivity index (χ1n) is 15.2. The van der Waals surface area contributed by atoms with E-state index in [2.05, 4.69) is 113 Å². The van der Waals surface area contributed by atoms with E-state index in [9.17, 15) is 0 Å². The minimum absolute atomic E-state index is 0.173. The van der Waals surface area contributed by atoms with E-state index < -0.39 is 0 Å². The Morgan fingerprint density at radius 1 is 0.881 bits per heavy atom. The van der Waals surface area contributed by atoms with Crippen molar-refractivity contribution >= 4 is 21.9 Å². The maximum atomic E-state index is 5.16. The van der Waals surface area contributed by atoms with Gasteiger partial charge in [0.2, 0.25) is 0 Å². The Hall–Kier alpha value is -4.70. The number of nitrogens with one attached hydrogen (secondary N) is 2. The van der Waals surface area contributed by atoms with Crippen molar-refractivity contribution in [1.29, 1.82) is 0 Å². The predicted molar refractivity (Wildman–Crippen MR) is 172 cm³/mol. The molecule has 0 bridgehead atoms. The average Bonchev–Trinajstić information content (AvgIpc) is 3.08. The van der Waals surface area contributed by atoms with Crippen LogP contribution in [-0.4, -0.2) is 16.5 Å². The number of nitrogens with zero attached hydrogens (tertiary/aromatic N) is 2. The van der Waals surface area contributed by atoms with Gasteiger partial charge in [-0.05, 0) is 101 Å². The van der Waals surface area contributed by atoms with Gasteiger partial charge < -0.3 is 10.6 Å². The molecule has 0 saturated carbocycles. The second-order valence-electron chi connectivity index (χ2n) is 11.7. The lowest BCUT2D eigenvalue weighted by molar-refractivity contribution is 0.615. The van der Waals surface area contributed by atoms with Crippen LogP contribution in [0.1, 0.15) is 66.4 Å². The second kappa shape index (κ2) is 10.6. The number of hydrogen-bond acceptors (Lipinski definition) is 4. The van der Waals surface area contributed by atoms with Crippen LogP contribution >= 0.6 is 0 Å². The molecule has 2 aromatic carbocycles. The maximum absolute atomic E-state index is 5.16. The number of pyridine rings is 2. The molecule has 0 radical (unpaired) electrons. The van der Waals surface area contributed by atoms with Crippen molar-refractivity contribution in [3.63, 3.8) is 0 Å². The topological polar surface area (TPSA) is 49.8 Å². The molecule has 4 aliphatic rings. The summed E-state index contributed by atoms with van der Waals surface area (Å²) < 4.78 is 0. The van der Waals surface area contributed by atoms with Gasteiger partial charge in [0.1, 0.15) is 0 Å². The summed E-state index contributed by atoms with van der Waals surface area (Å²) in [5, 5.41) is 10.0. The standard InChI is InChI=1S/C38H34N4/c1-2-9-31-25(6-1)12-13-33-37(31)32-10-3-4-11-34(32)42-38(33)29-8-5-7-28(22-29)30-23-35(26-14-18-39-19-15-26)41-36(24-30)27-16-20-40-21-17-27/h1-3,6-7,9-10,12-16,18-20,22-24,27,38,40,42H,4-5,8,11,17,21H2. The van der Waals surface area contributed by atoms with Gasteiger partial charge in [0.05, 0.1) is 11.7 Å². The van der Waals surface area contributed by atoms with Gasteiger partial charge in [0.25, 0.3) is 0 Å². The molecule has 4 aromatic rings. The first-order chi connectivity index (χ1) is 20.8. The molecular weight excluding hydrogens is 512 g/mol. The molecule has 0 amide bonds. The summed E-state index contributed by atoms with van der Waals surface area (Å²) in [6, 6.07) is 22.4. The van der Waals surface area contributed by atoms with Crippen LogP contribution in [0.15, 0.2) is 121 Å². The minimum Gasteiger partial charge on any atom is -0.391 e. The fraction of sp³-hybridized carbons (Fsp3) is 0.211. The summed E-state index contributed by atoms with van der Waals surface area (Å²) in [4.78, 5) is 9.40. The van der Waals surface area contributed by atoms with Gasteiger partial charge in [-0.1, -0.05) is 66.8 Å². The van der Waals surface area contributed by atoms with Crippen molar-refractivity contribution in [1.82, 2.24) is 20.6 Å². The number of rotatable bonds is 4. The van der Waals surface area contributed by atoms with E-state index in [4.69, 9.17) is 4.98 Å². The van der Waals surface area contributed by atoms with Crippen LogP contribution in [0.5, 0.6) is 0 Å². The SMILES string of the molecule is C1=CC2=C(CC1)NC(C1=CC(c3cc(-c4ccncc4)nc(C4C=CNCC4)c3)=CCC1)c1ccc3ccccc3c12. The molecule has 42 heavy (non-hydrogen) atoms. The fourth-order valence-corrected chi connectivity index (χ4v) is 7.00. The van der Waals surface area contributed by atoms with Crippen LogP contribution in [0.2, 0.25) is 0 Å². The van der Waals surface area contributed by atoms with E-state index in [1.807, 2.05) is 12.4 Å². The zero-order chi connectivity index (χ0) is 27.9. The van der Waals surface area contributed by atoms with Gasteiger partial charge in [-0.15, -0.1) is 0 Å². The van der Waals surface area contributed by atoms with E-state index in [1.54, 1.807) is 0 Å². The van der Waals surface area contributed by atoms with E-state index in [-0.39, 0.29) is 6.04 Å². The summed E-state index contributed by atoms with van der Waals surface area (Å²) in [5.41, 5.74) is 12.8. The van der Waals surface area contributed by atoms with Crippen LogP contribution in [-0.2, 0) is 0 Å². The van der Waals surface area contributed by atoms with Crippen LogP contribution in [0.4, 0.5) is 0 Å². The first kappa shape index (κ1) is 25.0. The normalized spacial score (nSPS) is 21.1. The zero-order valence-electron chi connectivity index (χ0n) is 23.7. The third-order valence-corrected chi connectivity index (χ3v) is 9.12. The van der Waals surface area contributed by atoms with Crippen molar-refractivity contribution in [3.05, 3.63) is 143 Å². The molecule has 2 aliphatic carbocycles. The van der Waals surface area contributed by atoms with Crippen LogP contribution < -0.4 is 10.6 Å². The van der Waals surface area contributed by atoms with Crippen molar-refractivity contribution in [2.45, 2.75) is 44.1 Å². The van der Waals surface area contributed by atoms with Crippen LogP contribution in [0.3, 0.4) is 0 Å². The summed E-state index contributed by atoms with van der Waals surface area (Å²) >= 11 is 0. The molecular formula is C38H34N4. The lowest BCUT2D eigenvalue weighted by Gasteiger charge is -2.35. The highest BCUT2D eigenvalue weighted by atomic mass is 14.9. The van der Waals surface area contributed by atoms with Gasteiger partial charge in [0.15, 0.2) is 0 Å². The van der Waals surface area contributed by atoms with Crippen molar-refractivity contribution in [2.24, 2.45) is 0 Å². The summed E-state index contributed by atoms with van der Waals surface area (Å²) in [6.07, 6.45) is 22.8.